The summed E-state index contributed by atoms with van der Waals surface area (Å²) in [6.07, 6.45) is 4.88. The van der Waals surface area contributed by atoms with Crippen molar-refractivity contribution in [3.05, 3.63) is 89.4 Å². The number of carboxylic acid groups (broad SMARTS) is 1. The SMILES string of the molecule is CO[C@H](c1ccccc1)c1nc2cc(F)c(F)cc2n1C(C(=O)Nc1ccc(C(=O)O)cn1)C1CCCCC1. The molecule has 2 aromatic heterocycles. The van der Waals surface area contributed by atoms with E-state index in [9.17, 15) is 23.5 Å². The van der Waals surface area contributed by atoms with Crippen LogP contribution in [-0.2, 0) is 9.53 Å². The van der Waals surface area contributed by atoms with Crippen LogP contribution in [0.1, 0.15) is 66.0 Å². The Kier molecular flexibility index (Phi) is 7.65. The van der Waals surface area contributed by atoms with Gasteiger partial charge in [-0.3, -0.25) is 4.79 Å². The number of ether oxygens (including phenoxy) is 1. The molecule has 4 aromatic rings. The minimum absolute atomic E-state index is 0.0111. The molecule has 1 fully saturated rings. The van der Waals surface area contributed by atoms with Crippen molar-refractivity contribution < 1.29 is 28.2 Å². The number of anilines is 1. The predicted octanol–water partition coefficient (Wildman–Crippen LogP) is 5.90. The topological polar surface area (TPSA) is 106 Å². The molecule has 2 atom stereocenters. The van der Waals surface area contributed by atoms with Gasteiger partial charge in [-0.2, -0.15) is 0 Å². The number of amides is 1. The van der Waals surface area contributed by atoms with Gasteiger partial charge in [0.05, 0.1) is 16.6 Å². The van der Waals surface area contributed by atoms with Crippen LogP contribution in [0.5, 0.6) is 0 Å². The van der Waals surface area contributed by atoms with Gasteiger partial charge in [0, 0.05) is 25.4 Å². The number of carbonyl (C=O) groups is 2. The molecule has 2 N–H and O–H groups in total. The highest BCUT2D eigenvalue weighted by Gasteiger charge is 2.36. The van der Waals surface area contributed by atoms with E-state index in [0.29, 0.717) is 5.82 Å². The summed E-state index contributed by atoms with van der Waals surface area (Å²) in [5.41, 5.74) is 1.25. The quantitative estimate of drug-likeness (QED) is 0.291. The van der Waals surface area contributed by atoms with Crippen molar-refractivity contribution in [3.8, 4) is 0 Å². The maximum Gasteiger partial charge on any atom is 0.337 e. The Morgan fingerprint density at radius 1 is 1.05 bits per heavy atom. The predicted molar refractivity (Wildman–Crippen MR) is 140 cm³/mol. The molecule has 0 saturated heterocycles. The molecule has 0 bridgehead atoms. The third kappa shape index (κ3) is 5.37. The highest BCUT2D eigenvalue weighted by Crippen LogP contribution is 2.39. The third-order valence-electron chi connectivity index (χ3n) is 7.24. The van der Waals surface area contributed by atoms with Crippen molar-refractivity contribution in [2.75, 3.05) is 12.4 Å². The lowest BCUT2D eigenvalue weighted by Crippen LogP contribution is -2.35. The van der Waals surface area contributed by atoms with Crippen molar-refractivity contribution in [1.29, 1.82) is 0 Å². The highest BCUT2D eigenvalue weighted by atomic mass is 19.2. The van der Waals surface area contributed by atoms with Gasteiger partial charge in [-0.05, 0) is 36.5 Å². The fourth-order valence-corrected chi connectivity index (χ4v) is 5.39. The van der Waals surface area contributed by atoms with Crippen LogP contribution in [0.25, 0.3) is 11.0 Å². The van der Waals surface area contributed by atoms with Gasteiger partial charge in [-0.25, -0.2) is 23.5 Å². The van der Waals surface area contributed by atoms with Crippen LogP contribution < -0.4 is 5.32 Å². The summed E-state index contributed by atoms with van der Waals surface area (Å²) in [5, 5.41) is 12.0. The Balaban J connectivity index is 1.66. The van der Waals surface area contributed by atoms with E-state index in [0.717, 1.165) is 49.8 Å². The lowest BCUT2D eigenvalue weighted by Gasteiger charge is -2.32. The van der Waals surface area contributed by atoms with Gasteiger partial charge in [0.25, 0.3) is 0 Å². The fourth-order valence-electron chi connectivity index (χ4n) is 5.39. The molecular formula is C29H28F2N4O4. The second-order valence-electron chi connectivity index (χ2n) is 9.69. The lowest BCUT2D eigenvalue weighted by molar-refractivity contribution is -0.121. The molecule has 8 nitrogen and oxygen atoms in total. The number of nitrogens with one attached hydrogen (secondary N) is 1. The largest absolute Gasteiger partial charge is 0.478 e. The molecule has 39 heavy (non-hydrogen) atoms. The molecule has 0 radical (unpaired) electrons. The van der Waals surface area contributed by atoms with Crippen molar-refractivity contribution >= 4 is 28.7 Å². The van der Waals surface area contributed by atoms with Gasteiger partial charge in [0.1, 0.15) is 23.8 Å². The van der Waals surface area contributed by atoms with Crippen LogP contribution in [0.4, 0.5) is 14.6 Å². The van der Waals surface area contributed by atoms with E-state index in [4.69, 9.17) is 4.74 Å². The number of carboxylic acids is 1. The van der Waals surface area contributed by atoms with Crippen molar-refractivity contribution in [1.82, 2.24) is 14.5 Å². The first kappa shape index (κ1) is 26.4. The molecule has 1 amide bonds. The maximum atomic E-state index is 14.6. The number of fused-ring (bicyclic) bond motifs is 1. The molecule has 1 unspecified atom stereocenters. The molecule has 202 valence electrons. The maximum absolute atomic E-state index is 14.6. The minimum Gasteiger partial charge on any atom is -0.478 e. The summed E-state index contributed by atoms with van der Waals surface area (Å²) >= 11 is 0. The summed E-state index contributed by atoms with van der Waals surface area (Å²) in [6.45, 7) is 0. The Labute approximate surface area is 223 Å². The van der Waals surface area contributed by atoms with E-state index >= 15 is 0 Å². The average Bonchev–Trinajstić information content (AvgIpc) is 3.28. The molecule has 2 aromatic carbocycles. The van der Waals surface area contributed by atoms with E-state index in [-0.39, 0.29) is 28.3 Å². The number of rotatable bonds is 8. The smallest absolute Gasteiger partial charge is 0.337 e. The fraction of sp³-hybridized carbons (Fsp3) is 0.310. The number of hydrogen-bond donors (Lipinski definition) is 2. The standard InChI is InChI=1S/C29H28F2N4O4/c1-39-26(18-10-6-3-7-11-18)27-33-22-14-20(30)21(31)15-23(22)35(27)25(17-8-4-2-5-9-17)28(36)34-24-13-12-19(16-32-24)29(37)38/h3,6-7,10-17,25-26H,2,4-5,8-9H2,1H3,(H,37,38)(H,32,34,36)/t25?,26-/m1/s1. The van der Waals surface area contributed by atoms with Crippen molar-refractivity contribution in [3.63, 3.8) is 0 Å². The van der Waals surface area contributed by atoms with E-state index in [1.165, 1.54) is 25.4 Å². The summed E-state index contributed by atoms with van der Waals surface area (Å²) < 4.78 is 36.4. The molecule has 2 heterocycles. The zero-order valence-corrected chi connectivity index (χ0v) is 21.3. The number of hydrogen-bond acceptors (Lipinski definition) is 5. The molecule has 0 spiro atoms. The Morgan fingerprint density at radius 2 is 1.77 bits per heavy atom. The van der Waals surface area contributed by atoms with Gasteiger partial charge in [0.15, 0.2) is 11.6 Å². The first-order chi connectivity index (χ1) is 18.9. The highest BCUT2D eigenvalue weighted by molar-refractivity contribution is 5.95. The van der Waals surface area contributed by atoms with Crippen LogP contribution >= 0.6 is 0 Å². The van der Waals surface area contributed by atoms with Crippen LogP contribution in [-0.4, -0.2) is 38.6 Å². The summed E-state index contributed by atoms with van der Waals surface area (Å²) in [5.74, 6) is -3.20. The third-order valence-corrected chi connectivity index (χ3v) is 7.24. The molecule has 1 aliphatic rings. The van der Waals surface area contributed by atoms with Crippen LogP contribution in [0.2, 0.25) is 0 Å². The number of benzene rings is 2. The van der Waals surface area contributed by atoms with Gasteiger partial charge < -0.3 is 19.7 Å². The normalized spacial score (nSPS) is 15.7. The summed E-state index contributed by atoms with van der Waals surface area (Å²) in [7, 11) is 1.52. The zero-order valence-electron chi connectivity index (χ0n) is 21.3. The molecule has 0 aliphatic heterocycles. The van der Waals surface area contributed by atoms with Crippen LogP contribution in [0.15, 0.2) is 60.8 Å². The lowest BCUT2D eigenvalue weighted by atomic mass is 9.83. The van der Waals surface area contributed by atoms with Gasteiger partial charge in [0.2, 0.25) is 5.91 Å². The van der Waals surface area contributed by atoms with Gasteiger partial charge in [-0.1, -0.05) is 49.6 Å². The first-order valence-corrected chi connectivity index (χ1v) is 12.8. The number of pyridine rings is 1. The zero-order chi connectivity index (χ0) is 27.5. The van der Waals surface area contributed by atoms with E-state index in [1.807, 2.05) is 30.3 Å². The number of imidazole rings is 1. The molecular weight excluding hydrogens is 506 g/mol. The van der Waals surface area contributed by atoms with Crippen molar-refractivity contribution in [2.24, 2.45) is 5.92 Å². The van der Waals surface area contributed by atoms with E-state index in [2.05, 4.69) is 15.3 Å². The second kappa shape index (κ2) is 11.3. The van der Waals surface area contributed by atoms with Crippen LogP contribution in [0.3, 0.4) is 0 Å². The molecule has 1 aliphatic carbocycles. The number of nitrogens with zero attached hydrogens (tertiary/aromatic N) is 3. The van der Waals surface area contributed by atoms with Gasteiger partial charge >= 0.3 is 5.97 Å². The van der Waals surface area contributed by atoms with E-state index < -0.39 is 35.7 Å². The summed E-state index contributed by atoms with van der Waals surface area (Å²) in [4.78, 5) is 34.0. The number of halogens is 2. The Morgan fingerprint density at radius 3 is 2.41 bits per heavy atom. The Bertz CT molecular complexity index is 1480. The minimum atomic E-state index is -1.13. The number of carbonyl (C=O) groups excluding carboxylic acids is 1. The number of aromatic nitrogens is 3. The monoisotopic (exact) mass is 534 g/mol. The van der Waals surface area contributed by atoms with E-state index in [1.54, 1.807) is 4.57 Å². The van der Waals surface area contributed by atoms with Crippen LogP contribution in [0, 0.1) is 17.6 Å². The number of methoxy groups -OCH3 is 1. The first-order valence-electron chi connectivity index (χ1n) is 12.8. The second-order valence-corrected chi connectivity index (χ2v) is 9.69. The molecule has 5 rings (SSSR count). The Hall–Kier alpha value is -4.18. The summed E-state index contributed by atoms with van der Waals surface area (Å²) in [6, 6.07) is 13.3. The molecule has 1 saturated carbocycles. The number of aromatic carboxylic acids is 1. The average molecular weight is 535 g/mol. The van der Waals surface area contributed by atoms with Crippen molar-refractivity contribution in [2.45, 2.75) is 44.2 Å². The van der Waals surface area contributed by atoms with Gasteiger partial charge in [-0.15, -0.1) is 0 Å². The molecule has 10 heteroatoms.